The Kier molecular flexibility index (Phi) is 5.55. The summed E-state index contributed by atoms with van der Waals surface area (Å²) in [6.07, 6.45) is 4.95. The van der Waals surface area contributed by atoms with Gasteiger partial charge in [-0.2, -0.15) is 5.10 Å². The normalized spacial score (nSPS) is 17.8. The van der Waals surface area contributed by atoms with Crippen LogP contribution >= 0.6 is 0 Å². The van der Waals surface area contributed by atoms with Gasteiger partial charge in [-0.05, 0) is 43.5 Å². The molecule has 28 heavy (non-hydrogen) atoms. The van der Waals surface area contributed by atoms with Crippen LogP contribution in [0.4, 0.5) is 0 Å². The predicted molar refractivity (Wildman–Crippen MR) is 110 cm³/mol. The Morgan fingerprint density at radius 2 is 1.89 bits per heavy atom. The number of aromatic nitrogens is 3. The van der Waals surface area contributed by atoms with E-state index < -0.39 is 0 Å². The van der Waals surface area contributed by atoms with E-state index in [0.717, 1.165) is 44.0 Å². The molecule has 3 heterocycles. The molecular weight excluding hydrogens is 348 g/mol. The Labute approximate surface area is 167 Å². The molecular formula is C23H28N4O. The molecule has 2 aromatic heterocycles. The Bertz CT molecular complexity index is 932. The molecule has 146 valence electrons. The van der Waals surface area contributed by atoms with E-state index in [0.29, 0.717) is 0 Å². The van der Waals surface area contributed by atoms with Gasteiger partial charge >= 0.3 is 0 Å². The standard InChI is InChI=1S/C23H28N4O/c1-17-4-6-19(7-5-17)11-20-10-18(2)25-22(12-20)23-16-27(8-9-28-23)15-21-13-24-26(3)14-21/h4-7,10,12-14,23H,8-9,11,15-16H2,1-3H3. The summed E-state index contributed by atoms with van der Waals surface area (Å²) in [6.45, 7) is 7.61. The fourth-order valence-electron chi connectivity index (χ4n) is 3.81. The van der Waals surface area contributed by atoms with E-state index >= 15 is 0 Å². The highest BCUT2D eigenvalue weighted by molar-refractivity contribution is 5.31. The SMILES string of the molecule is Cc1ccc(Cc2cc(C)nc(C3CN(Cc4cnn(C)c4)CCO3)c2)cc1. The zero-order chi connectivity index (χ0) is 19.5. The topological polar surface area (TPSA) is 43.2 Å². The van der Waals surface area contributed by atoms with Crippen molar-refractivity contribution in [3.63, 3.8) is 0 Å². The van der Waals surface area contributed by atoms with Gasteiger partial charge in [0, 0.05) is 44.1 Å². The van der Waals surface area contributed by atoms with Gasteiger partial charge in [0.05, 0.1) is 18.5 Å². The number of hydrogen-bond donors (Lipinski definition) is 0. The molecule has 1 unspecified atom stereocenters. The molecule has 0 N–H and O–H groups in total. The van der Waals surface area contributed by atoms with Gasteiger partial charge in [0.25, 0.3) is 0 Å². The molecule has 3 aromatic rings. The maximum Gasteiger partial charge on any atom is 0.112 e. The van der Waals surface area contributed by atoms with Crippen LogP contribution in [0.3, 0.4) is 0 Å². The second-order valence-corrected chi connectivity index (χ2v) is 7.82. The van der Waals surface area contributed by atoms with Crippen LogP contribution in [0.5, 0.6) is 0 Å². The molecule has 5 heteroatoms. The molecule has 0 aliphatic carbocycles. The first-order valence-electron chi connectivity index (χ1n) is 9.89. The third-order valence-electron chi connectivity index (χ3n) is 5.21. The summed E-state index contributed by atoms with van der Waals surface area (Å²) in [5.41, 5.74) is 7.23. The molecule has 1 saturated heterocycles. The van der Waals surface area contributed by atoms with Crippen LogP contribution in [-0.4, -0.2) is 39.4 Å². The molecule has 1 fully saturated rings. The van der Waals surface area contributed by atoms with E-state index in [1.54, 1.807) is 0 Å². The highest BCUT2D eigenvalue weighted by atomic mass is 16.5. The summed E-state index contributed by atoms with van der Waals surface area (Å²) in [5, 5.41) is 4.27. The van der Waals surface area contributed by atoms with Crippen LogP contribution in [0.2, 0.25) is 0 Å². The number of ether oxygens (including phenoxy) is 1. The van der Waals surface area contributed by atoms with Gasteiger partial charge in [-0.1, -0.05) is 29.8 Å². The van der Waals surface area contributed by atoms with Crippen LogP contribution in [0.15, 0.2) is 48.8 Å². The van der Waals surface area contributed by atoms with Crippen LogP contribution in [0, 0.1) is 13.8 Å². The number of nitrogens with zero attached hydrogens (tertiary/aromatic N) is 4. The lowest BCUT2D eigenvalue weighted by Crippen LogP contribution is -2.38. The minimum absolute atomic E-state index is 0.0158. The van der Waals surface area contributed by atoms with Crippen molar-refractivity contribution in [2.24, 2.45) is 7.05 Å². The van der Waals surface area contributed by atoms with Crippen molar-refractivity contribution in [2.45, 2.75) is 32.9 Å². The number of pyridine rings is 1. The van der Waals surface area contributed by atoms with Crippen molar-refractivity contribution in [2.75, 3.05) is 19.7 Å². The van der Waals surface area contributed by atoms with E-state index in [4.69, 9.17) is 9.72 Å². The molecule has 0 amide bonds. The van der Waals surface area contributed by atoms with E-state index in [1.165, 1.54) is 22.3 Å². The van der Waals surface area contributed by atoms with E-state index in [9.17, 15) is 0 Å². The quantitative estimate of drug-likeness (QED) is 0.682. The molecule has 1 aliphatic rings. The number of morpholine rings is 1. The van der Waals surface area contributed by atoms with Gasteiger partial charge < -0.3 is 4.74 Å². The summed E-state index contributed by atoms with van der Waals surface area (Å²) in [4.78, 5) is 7.22. The monoisotopic (exact) mass is 376 g/mol. The zero-order valence-electron chi connectivity index (χ0n) is 16.9. The molecule has 4 rings (SSSR count). The van der Waals surface area contributed by atoms with Crippen LogP contribution in [0.25, 0.3) is 0 Å². The maximum atomic E-state index is 6.09. The molecule has 5 nitrogen and oxygen atoms in total. The number of hydrogen-bond acceptors (Lipinski definition) is 4. The van der Waals surface area contributed by atoms with Gasteiger partial charge in [0.15, 0.2) is 0 Å². The molecule has 0 spiro atoms. The van der Waals surface area contributed by atoms with Crippen molar-refractivity contribution in [1.82, 2.24) is 19.7 Å². The van der Waals surface area contributed by atoms with Gasteiger partial charge in [-0.25, -0.2) is 0 Å². The molecule has 0 saturated carbocycles. The summed E-state index contributed by atoms with van der Waals surface area (Å²) < 4.78 is 7.94. The molecule has 0 bridgehead atoms. The lowest BCUT2D eigenvalue weighted by Gasteiger charge is -2.32. The van der Waals surface area contributed by atoms with Crippen LogP contribution in [0.1, 0.15) is 39.7 Å². The first-order chi connectivity index (χ1) is 13.5. The van der Waals surface area contributed by atoms with E-state index in [1.807, 2.05) is 17.9 Å². The second kappa shape index (κ2) is 8.25. The average Bonchev–Trinajstić information content (AvgIpc) is 3.08. The predicted octanol–water partition coefficient (Wildman–Crippen LogP) is 3.60. The summed E-state index contributed by atoms with van der Waals surface area (Å²) in [7, 11) is 1.96. The largest absolute Gasteiger partial charge is 0.369 e. The Hall–Kier alpha value is -2.50. The highest BCUT2D eigenvalue weighted by Gasteiger charge is 2.24. The maximum absolute atomic E-state index is 6.09. The summed E-state index contributed by atoms with van der Waals surface area (Å²) in [6, 6.07) is 13.1. The number of rotatable bonds is 5. The first kappa shape index (κ1) is 18.8. The first-order valence-corrected chi connectivity index (χ1v) is 9.89. The van der Waals surface area contributed by atoms with Crippen molar-refractivity contribution >= 4 is 0 Å². The molecule has 1 aliphatic heterocycles. The minimum atomic E-state index is 0.0158. The van der Waals surface area contributed by atoms with Crippen LogP contribution < -0.4 is 0 Å². The fraction of sp³-hybridized carbons (Fsp3) is 0.391. The summed E-state index contributed by atoms with van der Waals surface area (Å²) in [5.74, 6) is 0. The van der Waals surface area contributed by atoms with Crippen molar-refractivity contribution in [1.29, 1.82) is 0 Å². The Balaban J connectivity index is 1.48. The Morgan fingerprint density at radius 3 is 2.64 bits per heavy atom. The van der Waals surface area contributed by atoms with Gasteiger partial charge in [-0.15, -0.1) is 0 Å². The average molecular weight is 377 g/mol. The van der Waals surface area contributed by atoms with Crippen LogP contribution in [-0.2, 0) is 24.8 Å². The van der Waals surface area contributed by atoms with Crippen molar-refractivity contribution in [3.05, 3.63) is 82.4 Å². The Morgan fingerprint density at radius 1 is 1.07 bits per heavy atom. The highest BCUT2D eigenvalue weighted by Crippen LogP contribution is 2.24. The zero-order valence-corrected chi connectivity index (χ0v) is 16.9. The van der Waals surface area contributed by atoms with E-state index in [-0.39, 0.29) is 6.10 Å². The van der Waals surface area contributed by atoms with Gasteiger partial charge in [0.2, 0.25) is 0 Å². The number of benzene rings is 1. The van der Waals surface area contributed by atoms with Gasteiger partial charge in [-0.3, -0.25) is 14.6 Å². The third-order valence-corrected chi connectivity index (χ3v) is 5.21. The fourth-order valence-corrected chi connectivity index (χ4v) is 3.81. The molecule has 1 aromatic carbocycles. The molecule has 1 atom stereocenters. The van der Waals surface area contributed by atoms with Crippen molar-refractivity contribution < 1.29 is 4.74 Å². The number of aryl methyl sites for hydroxylation is 3. The third kappa shape index (κ3) is 4.66. The second-order valence-electron chi connectivity index (χ2n) is 7.82. The lowest BCUT2D eigenvalue weighted by atomic mass is 10.0. The summed E-state index contributed by atoms with van der Waals surface area (Å²) >= 11 is 0. The minimum Gasteiger partial charge on any atom is -0.369 e. The van der Waals surface area contributed by atoms with Gasteiger partial charge in [0.1, 0.15) is 6.10 Å². The smallest absolute Gasteiger partial charge is 0.112 e. The van der Waals surface area contributed by atoms with Crippen molar-refractivity contribution in [3.8, 4) is 0 Å². The lowest BCUT2D eigenvalue weighted by molar-refractivity contribution is -0.0350. The molecule has 0 radical (unpaired) electrons. The van der Waals surface area contributed by atoms with E-state index in [2.05, 4.69) is 66.4 Å².